The number of methoxy groups -OCH3 is 1. The van der Waals surface area contributed by atoms with Gasteiger partial charge >= 0.3 is 5.97 Å². The number of hydrogen-bond acceptors (Lipinski definition) is 10. The third kappa shape index (κ3) is 7.58. The standard InChI is InChI=1S/C39H42N2O9/c1-4-50-39(48)29(16-22-8-6-5-7-9-22)41-20-23-10-13-33(49-3)27(15-23)26-11-12-30(43)36-28(26)19-25-14-24(18-32(45)35(25)37(36)46)17-31(44)34(21(2)42)38(40)47/h5-13,15,24-25,29,41,43-45H,4,14,16-20H2,1-3H3,(H2,40,47)/b34-31-. The number of carbonyl (C=O) groups is 4. The number of phenols is 1. The molecule has 0 spiro atoms. The van der Waals surface area contributed by atoms with Gasteiger partial charge in [-0.15, -0.1) is 0 Å². The summed E-state index contributed by atoms with van der Waals surface area (Å²) < 4.78 is 11.1. The van der Waals surface area contributed by atoms with Gasteiger partial charge in [-0.1, -0.05) is 42.5 Å². The van der Waals surface area contributed by atoms with Crippen molar-refractivity contribution in [2.45, 2.75) is 58.5 Å². The van der Waals surface area contributed by atoms with E-state index < -0.39 is 40.8 Å². The summed E-state index contributed by atoms with van der Waals surface area (Å²) in [6.45, 7) is 3.48. The molecule has 262 valence electrons. The number of nitrogens with one attached hydrogen (secondary N) is 1. The molecule has 3 atom stereocenters. The highest BCUT2D eigenvalue weighted by Crippen LogP contribution is 2.48. The molecule has 11 nitrogen and oxygen atoms in total. The maximum atomic E-state index is 13.9. The van der Waals surface area contributed by atoms with E-state index in [1.54, 1.807) is 19.1 Å². The molecule has 0 saturated heterocycles. The molecule has 2 aliphatic carbocycles. The molecule has 50 heavy (non-hydrogen) atoms. The fraction of sp³-hybridized carbons (Fsp3) is 0.333. The van der Waals surface area contributed by atoms with Crippen LogP contribution < -0.4 is 15.8 Å². The minimum absolute atomic E-state index is 0.0430. The molecule has 0 aliphatic heterocycles. The van der Waals surface area contributed by atoms with Crippen LogP contribution in [0.5, 0.6) is 11.5 Å². The van der Waals surface area contributed by atoms with E-state index in [-0.39, 0.29) is 60.4 Å². The number of benzene rings is 3. The number of allylic oxidation sites excluding steroid dienone is 3. The molecule has 6 N–H and O–H groups in total. The van der Waals surface area contributed by atoms with Gasteiger partial charge in [-0.2, -0.15) is 0 Å². The lowest BCUT2D eigenvalue weighted by atomic mass is 9.68. The van der Waals surface area contributed by atoms with E-state index in [1.165, 1.54) is 13.2 Å². The number of hydrogen-bond donors (Lipinski definition) is 5. The minimum Gasteiger partial charge on any atom is -0.512 e. The zero-order chi connectivity index (χ0) is 36.1. The average molecular weight is 683 g/mol. The van der Waals surface area contributed by atoms with E-state index in [0.717, 1.165) is 18.1 Å². The fourth-order valence-corrected chi connectivity index (χ4v) is 7.16. The SMILES string of the molecule is CCOC(=O)C(Cc1ccccc1)NCc1ccc(OC)c(-c2ccc(O)c3c2CC2CC(C/C(O)=C(\C(C)=O)C(N)=O)CC(O)=C2C3=O)c1. The Morgan fingerprint density at radius 1 is 1.00 bits per heavy atom. The highest BCUT2D eigenvalue weighted by Gasteiger charge is 2.41. The van der Waals surface area contributed by atoms with Crippen molar-refractivity contribution < 1.29 is 44.0 Å². The Bertz CT molecular complexity index is 1860. The Morgan fingerprint density at radius 2 is 1.74 bits per heavy atom. The first-order chi connectivity index (χ1) is 23.9. The summed E-state index contributed by atoms with van der Waals surface area (Å²) in [6.07, 6.45) is 1.05. The van der Waals surface area contributed by atoms with Crippen LogP contribution in [0, 0.1) is 11.8 Å². The molecule has 11 heteroatoms. The third-order valence-corrected chi connectivity index (χ3v) is 9.36. The number of phenolic OH excluding ortho intramolecular Hbond substituents is 1. The number of aliphatic hydroxyl groups excluding tert-OH is 2. The maximum absolute atomic E-state index is 13.9. The third-order valence-electron chi connectivity index (χ3n) is 9.36. The van der Waals surface area contributed by atoms with Crippen LogP contribution in [0.25, 0.3) is 11.1 Å². The lowest BCUT2D eigenvalue weighted by Crippen LogP contribution is -2.39. The number of ketones is 2. The van der Waals surface area contributed by atoms with E-state index in [9.17, 15) is 34.5 Å². The molecule has 3 aromatic rings. The van der Waals surface area contributed by atoms with Gasteiger partial charge in [0, 0.05) is 30.5 Å². The summed E-state index contributed by atoms with van der Waals surface area (Å²) in [6, 6.07) is 17.8. The summed E-state index contributed by atoms with van der Waals surface area (Å²) in [5.74, 6) is -3.67. The molecule has 0 fully saturated rings. The quantitative estimate of drug-likeness (QED) is 0.0529. The van der Waals surface area contributed by atoms with Crippen molar-refractivity contribution in [1.29, 1.82) is 0 Å². The molecule has 1 amide bonds. The van der Waals surface area contributed by atoms with E-state index in [0.29, 0.717) is 41.8 Å². The zero-order valence-corrected chi connectivity index (χ0v) is 28.3. The Balaban J connectivity index is 1.46. The van der Waals surface area contributed by atoms with Crippen molar-refractivity contribution in [1.82, 2.24) is 5.32 Å². The van der Waals surface area contributed by atoms with E-state index in [4.69, 9.17) is 15.2 Å². The summed E-state index contributed by atoms with van der Waals surface area (Å²) in [5, 5.41) is 36.0. The first kappa shape index (κ1) is 35.9. The second-order valence-electron chi connectivity index (χ2n) is 12.7. The van der Waals surface area contributed by atoms with E-state index in [2.05, 4.69) is 5.32 Å². The van der Waals surface area contributed by atoms with Crippen molar-refractivity contribution in [3.05, 3.63) is 106 Å². The molecular weight excluding hydrogens is 640 g/mol. The lowest BCUT2D eigenvalue weighted by Gasteiger charge is -2.35. The number of amides is 1. The maximum Gasteiger partial charge on any atom is 0.323 e. The molecule has 3 aromatic carbocycles. The second kappa shape index (κ2) is 15.4. The molecule has 0 aromatic heterocycles. The Labute approximate surface area is 290 Å². The number of fused-ring (bicyclic) bond motifs is 2. The summed E-state index contributed by atoms with van der Waals surface area (Å²) >= 11 is 0. The fourth-order valence-electron chi connectivity index (χ4n) is 7.16. The molecule has 5 rings (SSSR count). The van der Waals surface area contributed by atoms with Crippen LogP contribution >= 0.6 is 0 Å². The summed E-state index contributed by atoms with van der Waals surface area (Å²) in [7, 11) is 1.54. The molecule has 0 bridgehead atoms. The van der Waals surface area contributed by atoms with Crippen molar-refractivity contribution in [2.75, 3.05) is 13.7 Å². The van der Waals surface area contributed by atoms with Gasteiger partial charge in [0.05, 0.1) is 25.0 Å². The predicted molar refractivity (Wildman–Crippen MR) is 186 cm³/mol. The van der Waals surface area contributed by atoms with Gasteiger partial charge in [0.2, 0.25) is 0 Å². The number of carbonyl (C=O) groups excluding carboxylic acids is 4. The number of rotatable bonds is 13. The Kier molecular flexibility index (Phi) is 11.1. The van der Waals surface area contributed by atoms with E-state index in [1.807, 2.05) is 42.5 Å². The summed E-state index contributed by atoms with van der Waals surface area (Å²) in [4.78, 5) is 50.5. The number of esters is 1. The molecule has 0 saturated carbocycles. The first-order valence-corrected chi connectivity index (χ1v) is 16.6. The topological polar surface area (TPSA) is 185 Å². The number of Topliss-reactive ketones (excluding diaryl/α,β-unsaturated/α-hetero) is 2. The zero-order valence-electron chi connectivity index (χ0n) is 28.3. The molecule has 0 heterocycles. The normalized spacial score (nSPS) is 18.0. The number of primary amides is 1. The number of aromatic hydroxyl groups is 1. The monoisotopic (exact) mass is 682 g/mol. The van der Waals surface area contributed by atoms with Crippen LogP contribution in [0.3, 0.4) is 0 Å². The van der Waals surface area contributed by atoms with Crippen molar-refractivity contribution in [3.63, 3.8) is 0 Å². The first-order valence-electron chi connectivity index (χ1n) is 16.6. The predicted octanol–water partition coefficient (Wildman–Crippen LogP) is 5.19. The van der Waals surface area contributed by atoms with Crippen LogP contribution in [-0.4, -0.2) is 58.5 Å². The largest absolute Gasteiger partial charge is 0.512 e. The highest BCUT2D eigenvalue weighted by atomic mass is 16.5. The van der Waals surface area contributed by atoms with Crippen LogP contribution in [-0.2, 0) is 38.5 Å². The molecule has 0 radical (unpaired) electrons. The molecule has 2 aliphatic rings. The molecular formula is C39H42N2O9. The molecule has 3 unspecified atom stereocenters. The van der Waals surface area contributed by atoms with Crippen LogP contribution in [0.2, 0.25) is 0 Å². The highest BCUT2D eigenvalue weighted by molar-refractivity contribution is 6.18. The summed E-state index contributed by atoms with van der Waals surface area (Å²) in [5.41, 5.74) is 8.88. The van der Waals surface area contributed by atoms with E-state index >= 15 is 0 Å². The number of ether oxygens (including phenoxy) is 2. The van der Waals surface area contributed by atoms with Crippen LogP contribution in [0.15, 0.2) is 83.3 Å². The van der Waals surface area contributed by atoms with Gasteiger partial charge < -0.3 is 35.8 Å². The lowest BCUT2D eigenvalue weighted by molar-refractivity contribution is -0.145. The van der Waals surface area contributed by atoms with Gasteiger partial charge in [0.1, 0.15) is 28.9 Å². The second-order valence-corrected chi connectivity index (χ2v) is 12.7. The van der Waals surface area contributed by atoms with Crippen molar-refractivity contribution in [2.24, 2.45) is 17.6 Å². The van der Waals surface area contributed by atoms with Crippen molar-refractivity contribution >= 4 is 23.4 Å². The van der Waals surface area contributed by atoms with Gasteiger partial charge in [-0.25, -0.2) is 0 Å². The van der Waals surface area contributed by atoms with Gasteiger partial charge in [-0.3, -0.25) is 19.2 Å². The van der Waals surface area contributed by atoms with Gasteiger partial charge in [0.25, 0.3) is 5.91 Å². The van der Waals surface area contributed by atoms with Crippen LogP contribution in [0.4, 0.5) is 0 Å². The van der Waals surface area contributed by atoms with Gasteiger partial charge in [0.15, 0.2) is 11.6 Å². The van der Waals surface area contributed by atoms with Crippen LogP contribution in [0.1, 0.15) is 60.2 Å². The number of nitrogens with two attached hydrogens (primary N) is 1. The minimum atomic E-state index is -1.04. The average Bonchev–Trinajstić information content (AvgIpc) is 3.06. The Morgan fingerprint density at radius 3 is 2.40 bits per heavy atom. The number of aliphatic hydroxyl groups is 2. The smallest absolute Gasteiger partial charge is 0.323 e. The van der Waals surface area contributed by atoms with Crippen molar-refractivity contribution in [3.8, 4) is 22.6 Å². The van der Waals surface area contributed by atoms with Gasteiger partial charge in [-0.05, 0) is 85.4 Å². The Hall–Kier alpha value is -5.42.